The number of hydrogen-bond acceptors (Lipinski definition) is 3. The van der Waals surface area contributed by atoms with E-state index in [1.54, 1.807) is 0 Å². The number of amides is 1. The van der Waals surface area contributed by atoms with E-state index in [0.29, 0.717) is 5.56 Å². The molecule has 2 aromatic rings. The van der Waals surface area contributed by atoms with Crippen LogP contribution >= 0.6 is 12.2 Å². The first-order chi connectivity index (χ1) is 11.0. The van der Waals surface area contributed by atoms with E-state index in [0.717, 1.165) is 17.8 Å². The lowest BCUT2D eigenvalue weighted by atomic mass is 10.1. The van der Waals surface area contributed by atoms with Gasteiger partial charge in [-0.3, -0.25) is 10.1 Å². The first-order valence-electron chi connectivity index (χ1n) is 7.48. The van der Waals surface area contributed by atoms with Gasteiger partial charge in [-0.2, -0.15) is 0 Å². The van der Waals surface area contributed by atoms with Crippen LogP contribution in [0.1, 0.15) is 22.8 Å². The summed E-state index contributed by atoms with van der Waals surface area (Å²) in [5, 5.41) is 5.99. The Morgan fingerprint density at radius 1 is 1.04 bits per heavy atom. The summed E-state index contributed by atoms with van der Waals surface area (Å²) in [5.41, 5.74) is 3.72. The van der Waals surface area contributed by atoms with E-state index in [1.807, 2.05) is 67.5 Å². The van der Waals surface area contributed by atoms with Crippen molar-refractivity contribution in [2.75, 3.05) is 24.3 Å². The Hall–Kier alpha value is -2.40. The van der Waals surface area contributed by atoms with E-state index in [9.17, 15) is 4.79 Å². The second-order valence-corrected chi connectivity index (χ2v) is 5.81. The van der Waals surface area contributed by atoms with Crippen molar-refractivity contribution in [3.63, 3.8) is 0 Å². The molecule has 1 amide bonds. The van der Waals surface area contributed by atoms with Gasteiger partial charge in [0.05, 0.1) is 0 Å². The van der Waals surface area contributed by atoms with Gasteiger partial charge in [-0.1, -0.05) is 19.1 Å². The number of benzene rings is 2. The van der Waals surface area contributed by atoms with Gasteiger partial charge < -0.3 is 10.2 Å². The van der Waals surface area contributed by atoms with Crippen molar-refractivity contribution in [1.82, 2.24) is 5.32 Å². The van der Waals surface area contributed by atoms with E-state index in [1.165, 1.54) is 5.56 Å². The minimum Gasteiger partial charge on any atom is -0.378 e. The lowest BCUT2D eigenvalue weighted by Crippen LogP contribution is -2.34. The SMILES string of the molecule is CCc1ccc(C(=O)NC(=S)Nc2ccc(N(C)C)cc2)cc1. The van der Waals surface area contributed by atoms with Crippen LogP contribution < -0.4 is 15.5 Å². The molecular formula is C18H21N3OS. The van der Waals surface area contributed by atoms with Crippen LogP contribution in [0.15, 0.2) is 48.5 Å². The number of rotatable bonds is 4. The molecule has 0 radical (unpaired) electrons. The molecule has 0 bridgehead atoms. The van der Waals surface area contributed by atoms with E-state index in [4.69, 9.17) is 12.2 Å². The average molecular weight is 327 g/mol. The molecule has 0 aliphatic carbocycles. The molecule has 120 valence electrons. The number of anilines is 2. The van der Waals surface area contributed by atoms with E-state index in [2.05, 4.69) is 17.6 Å². The average Bonchev–Trinajstić information content (AvgIpc) is 2.55. The Kier molecular flexibility index (Phi) is 5.71. The monoisotopic (exact) mass is 327 g/mol. The molecule has 0 unspecified atom stereocenters. The lowest BCUT2D eigenvalue weighted by molar-refractivity contribution is 0.0977. The zero-order chi connectivity index (χ0) is 16.8. The first kappa shape index (κ1) is 17.0. The molecule has 23 heavy (non-hydrogen) atoms. The second kappa shape index (κ2) is 7.74. The third kappa shape index (κ3) is 4.79. The normalized spacial score (nSPS) is 10.0. The van der Waals surface area contributed by atoms with Crippen molar-refractivity contribution >= 4 is 34.6 Å². The molecule has 2 rings (SSSR count). The van der Waals surface area contributed by atoms with Crippen molar-refractivity contribution in [3.8, 4) is 0 Å². The second-order valence-electron chi connectivity index (χ2n) is 5.40. The zero-order valence-electron chi connectivity index (χ0n) is 13.6. The van der Waals surface area contributed by atoms with Crippen molar-refractivity contribution in [3.05, 3.63) is 59.7 Å². The molecular weight excluding hydrogens is 306 g/mol. The third-order valence-corrected chi connectivity index (χ3v) is 3.70. The number of hydrogen-bond donors (Lipinski definition) is 2. The maximum atomic E-state index is 12.1. The molecule has 0 heterocycles. The molecule has 0 aliphatic heterocycles. The smallest absolute Gasteiger partial charge is 0.257 e. The van der Waals surface area contributed by atoms with Crippen LogP contribution in [0.3, 0.4) is 0 Å². The summed E-state index contributed by atoms with van der Waals surface area (Å²) in [6.07, 6.45) is 0.949. The van der Waals surface area contributed by atoms with Gasteiger partial charge in [-0.25, -0.2) is 0 Å². The van der Waals surface area contributed by atoms with E-state index in [-0.39, 0.29) is 11.0 Å². The number of carbonyl (C=O) groups excluding carboxylic acids is 1. The van der Waals surface area contributed by atoms with Crippen LogP contribution in [0.25, 0.3) is 0 Å². The third-order valence-electron chi connectivity index (χ3n) is 3.49. The van der Waals surface area contributed by atoms with Crippen molar-refractivity contribution in [2.24, 2.45) is 0 Å². The molecule has 0 fully saturated rings. The highest BCUT2D eigenvalue weighted by Crippen LogP contribution is 2.15. The fourth-order valence-electron chi connectivity index (χ4n) is 2.07. The molecule has 0 spiro atoms. The fraction of sp³-hybridized carbons (Fsp3) is 0.222. The summed E-state index contributed by atoms with van der Waals surface area (Å²) in [6, 6.07) is 15.3. The number of carbonyl (C=O) groups is 1. The predicted octanol–water partition coefficient (Wildman–Crippen LogP) is 3.44. The minimum atomic E-state index is -0.213. The summed E-state index contributed by atoms with van der Waals surface area (Å²) < 4.78 is 0. The molecule has 0 saturated carbocycles. The summed E-state index contributed by atoms with van der Waals surface area (Å²) in [4.78, 5) is 14.2. The topological polar surface area (TPSA) is 44.4 Å². The Balaban J connectivity index is 1.94. The molecule has 5 heteroatoms. The van der Waals surface area contributed by atoms with Gasteiger partial charge in [0.1, 0.15) is 0 Å². The van der Waals surface area contributed by atoms with Crippen LogP contribution in [0, 0.1) is 0 Å². The number of aryl methyl sites for hydroxylation is 1. The Morgan fingerprint density at radius 3 is 2.17 bits per heavy atom. The fourth-order valence-corrected chi connectivity index (χ4v) is 2.28. The van der Waals surface area contributed by atoms with Gasteiger partial charge in [0.15, 0.2) is 5.11 Å². The van der Waals surface area contributed by atoms with Gasteiger partial charge in [-0.05, 0) is 60.6 Å². The van der Waals surface area contributed by atoms with Crippen molar-refractivity contribution in [1.29, 1.82) is 0 Å². The summed E-state index contributed by atoms with van der Waals surface area (Å²) in [7, 11) is 3.97. The summed E-state index contributed by atoms with van der Waals surface area (Å²) >= 11 is 5.19. The quantitative estimate of drug-likeness (QED) is 0.844. The van der Waals surface area contributed by atoms with Gasteiger partial charge in [0, 0.05) is 31.0 Å². The maximum absolute atomic E-state index is 12.1. The first-order valence-corrected chi connectivity index (χ1v) is 7.89. The van der Waals surface area contributed by atoms with Crippen LogP contribution in [0.5, 0.6) is 0 Å². The van der Waals surface area contributed by atoms with E-state index >= 15 is 0 Å². The van der Waals surface area contributed by atoms with Gasteiger partial charge in [-0.15, -0.1) is 0 Å². The van der Waals surface area contributed by atoms with Gasteiger partial charge >= 0.3 is 0 Å². The molecule has 2 aromatic carbocycles. The Bertz CT molecular complexity index is 678. The van der Waals surface area contributed by atoms with Gasteiger partial charge in [0.2, 0.25) is 0 Å². The van der Waals surface area contributed by atoms with Crippen molar-refractivity contribution < 1.29 is 4.79 Å². The molecule has 0 aliphatic rings. The summed E-state index contributed by atoms with van der Waals surface area (Å²) in [5.74, 6) is -0.213. The van der Waals surface area contributed by atoms with Crippen LogP contribution in [-0.4, -0.2) is 25.1 Å². The van der Waals surface area contributed by atoms with Crippen molar-refractivity contribution in [2.45, 2.75) is 13.3 Å². The Morgan fingerprint density at radius 2 is 1.65 bits per heavy atom. The maximum Gasteiger partial charge on any atom is 0.257 e. The van der Waals surface area contributed by atoms with Crippen LogP contribution in [-0.2, 0) is 6.42 Å². The molecule has 4 nitrogen and oxygen atoms in total. The minimum absolute atomic E-state index is 0.213. The van der Waals surface area contributed by atoms with Crippen LogP contribution in [0.4, 0.5) is 11.4 Å². The molecule has 2 N–H and O–H groups in total. The highest BCUT2D eigenvalue weighted by molar-refractivity contribution is 7.80. The number of thiocarbonyl (C=S) groups is 1. The highest BCUT2D eigenvalue weighted by atomic mass is 32.1. The standard InChI is InChI=1S/C18H21N3OS/c1-4-13-5-7-14(8-6-13)17(22)20-18(23)19-15-9-11-16(12-10-15)21(2)3/h5-12H,4H2,1-3H3,(H2,19,20,22,23). The highest BCUT2D eigenvalue weighted by Gasteiger charge is 2.08. The Labute approximate surface area is 142 Å². The summed E-state index contributed by atoms with van der Waals surface area (Å²) in [6.45, 7) is 2.08. The zero-order valence-corrected chi connectivity index (χ0v) is 14.4. The number of nitrogens with one attached hydrogen (secondary N) is 2. The lowest BCUT2D eigenvalue weighted by Gasteiger charge is -2.14. The molecule has 0 saturated heterocycles. The van der Waals surface area contributed by atoms with E-state index < -0.39 is 0 Å². The molecule has 0 aromatic heterocycles. The largest absolute Gasteiger partial charge is 0.378 e. The van der Waals surface area contributed by atoms with Crippen LogP contribution in [0.2, 0.25) is 0 Å². The van der Waals surface area contributed by atoms with Gasteiger partial charge in [0.25, 0.3) is 5.91 Å². The molecule has 0 atom stereocenters. The predicted molar refractivity (Wildman–Crippen MR) is 100 cm³/mol. The number of nitrogens with zero attached hydrogens (tertiary/aromatic N) is 1.